The molecule has 4 aromatic rings. The van der Waals surface area contributed by atoms with Crippen molar-refractivity contribution in [3.63, 3.8) is 0 Å². The second-order valence-corrected chi connectivity index (χ2v) is 8.11. The van der Waals surface area contributed by atoms with Crippen LogP contribution in [0.1, 0.15) is 46.9 Å². The van der Waals surface area contributed by atoms with Crippen LogP contribution in [0, 0.1) is 0 Å². The number of amides is 2. The maximum absolute atomic E-state index is 13.3. The Morgan fingerprint density at radius 1 is 1.00 bits per heavy atom. The molecule has 180 valence electrons. The van der Waals surface area contributed by atoms with Gasteiger partial charge in [-0.25, -0.2) is 14.3 Å². The summed E-state index contributed by atoms with van der Waals surface area (Å²) in [6.07, 6.45) is -3.22. The van der Waals surface area contributed by atoms with E-state index in [2.05, 4.69) is 20.7 Å². The van der Waals surface area contributed by atoms with E-state index < -0.39 is 17.8 Å². The highest BCUT2D eigenvalue weighted by atomic mass is 19.4. The first kappa shape index (κ1) is 23.7. The van der Waals surface area contributed by atoms with Crippen LogP contribution in [0.2, 0.25) is 0 Å². The van der Waals surface area contributed by atoms with Gasteiger partial charge in [-0.15, -0.1) is 0 Å². The first-order chi connectivity index (χ1) is 16.5. The lowest BCUT2D eigenvalue weighted by atomic mass is 10.0. The lowest BCUT2D eigenvalue weighted by Gasteiger charge is -2.11. The molecule has 0 unspecified atom stereocenters. The number of hydrogen-bond donors (Lipinski definition) is 3. The number of rotatable bonds is 5. The van der Waals surface area contributed by atoms with E-state index in [1.807, 2.05) is 13.8 Å². The SMILES string of the molecule is CC(C)c1cc(C(=O)c2cccc(NC(=O)Nc3cccc(C(F)(F)F)c3)c2)c2c(N)ncnn12. The van der Waals surface area contributed by atoms with Crippen molar-refractivity contribution >= 4 is 34.5 Å². The fourth-order valence-electron chi connectivity index (χ4n) is 3.64. The predicted octanol–water partition coefficient (Wildman–Crippen LogP) is 5.33. The number of nitrogens with zero attached hydrogens (tertiary/aromatic N) is 3. The van der Waals surface area contributed by atoms with Gasteiger partial charge in [0.1, 0.15) is 11.8 Å². The van der Waals surface area contributed by atoms with Crippen molar-refractivity contribution in [1.29, 1.82) is 0 Å². The van der Waals surface area contributed by atoms with Crippen molar-refractivity contribution in [2.75, 3.05) is 16.4 Å². The number of halogens is 3. The summed E-state index contributed by atoms with van der Waals surface area (Å²) in [5, 5.41) is 9.10. The summed E-state index contributed by atoms with van der Waals surface area (Å²) < 4.78 is 40.3. The van der Waals surface area contributed by atoms with E-state index in [0.717, 1.165) is 17.8 Å². The smallest absolute Gasteiger partial charge is 0.382 e. The number of ketones is 1. The average Bonchev–Trinajstić information content (AvgIpc) is 3.20. The molecule has 11 heteroatoms. The van der Waals surface area contributed by atoms with Gasteiger partial charge >= 0.3 is 12.2 Å². The van der Waals surface area contributed by atoms with Crippen molar-refractivity contribution in [1.82, 2.24) is 14.6 Å². The molecule has 35 heavy (non-hydrogen) atoms. The van der Waals surface area contributed by atoms with Crippen molar-refractivity contribution in [2.45, 2.75) is 25.9 Å². The normalized spacial score (nSPS) is 11.6. The lowest BCUT2D eigenvalue weighted by molar-refractivity contribution is -0.137. The Hall–Kier alpha value is -4.41. The average molecular weight is 482 g/mol. The molecule has 0 saturated heterocycles. The van der Waals surface area contributed by atoms with Gasteiger partial charge in [0.25, 0.3) is 0 Å². The molecule has 2 heterocycles. The molecule has 2 aromatic carbocycles. The first-order valence-electron chi connectivity index (χ1n) is 10.6. The number of anilines is 3. The largest absolute Gasteiger partial charge is 0.416 e. The first-order valence-corrected chi connectivity index (χ1v) is 10.6. The van der Waals surface area contributed by atoms with Crippen LogP contribution in [-0.2, 0) is 6.18 Å². The number of alkyl halides is 3. The number of nitrogen functional groups attached to an aromatic ring is 1. The van der Waals surface area contributed by atoms with Crippen LogP contribution in [-0.4, -0.2) is 26.4 Å². The number of nitrogens with two attached hydrogens (primary N) is 1. The second-order valence-electron chi connectivity index (χ2n) is 8.11. The number of benzene rings is 2. The topological polar surface area (TPSA) is 114 Å². The zero-order chi connectivity index (χ0) is 25.3. The third kappa shape index (κ3) is 4.93. The van der Waals surface area contributed by atoms with Crippen molar-refractivity contribution in [3.8, 4) is 0 Å². The van der Waals surface area contributed by atoms with Gasteiger partial charge in [-0.3, -0.25) is 4.79 Å². The van der Waals surface area contributed by atoms with E-state index in [0.29, 0.717) is 11.1 Å². The van der Waals surface area contributed by atoms with Gasteiger partial charge < -0.3 is 16.4 Å². The van der Waals surface area contributed by atoms with Crippen LogP contribution >= 0.6 is 0 Å². The highest BCUT2D eigenvalue weighted by Gasteiger charge is 2.30. The molecule has 0 aliphatic heterocycles. The van der Waals surface area contributed by atoms with Crippen molar-refractivity contribution in [3.05, 3.63) is 83.3 Å². The Labute approximate surface area is 198 Å². The molecule has 0 aliphatic carbocycles. The van der Waals surface area contributed by atoms with Gasteiger partial charge in [-0.05, 0) is 42.3 Å². The molecular weight excluding hydrogens is 461 g/mol. The van der Waals surface area contributed by atoms with Crippen molar-refractivity contribution < 1.29 is 22.8 Å². The van der Waals surface area contributed by atoms with Crippen LogP contribution < -0.4 is 16.4 Å². The van der Waals surface area contributed by atoms with E-state index in [1.165, 1.54) is 24.5 Å². The number of carbonyl (C=O) groups is 2. The Balaban J connectivity index is 1.57. The molecule has 0 aliphatic rings. The van der Waals surface area contributed by atoms with Gasteiger partial charge in [0.15, 0.2) is 11.6 Å². The van der Waals surface area contributed by atoms with Crippen LogP contribution in [0.4, 0.5) is 35.2 Å². The maximum Gasteiger partial charge on any atom is 0.416 e. The molecular formula is C24H21F3N6O2. The Morgan fingerprint density at radius 3 is 2.31 bits per heavy atom. The molecule has 8 nitrogen and oxygen atoms in total. The summed E-state index contributed by atoms with van der Waals surface area (Å²) in [7, 11) is 0. The van der Waals surface area contributed by atoms with Crippen LogP contribution in [0.5, 0.6) is 0 Å². The molecule has 4 N–H and O–H groups in total. The third-order valence-corrected chi connectivity index (χ3v) is 5.28. The quantitative estimate of drug-likeness (QED) is 0.333. The summed E-state index contributed by atoms with van der Waals surface area (Å²) in [6, 6.07) is 11.4. The maximum atomic E-state index is 13.3. The summed E-state index contributed by atoms with van der Waals surface area (Å²) in [4.78, 5) is 29.7. The number of carbonyl (C=O) groups excluding carboxylic acids is 2. The summed E-state index contributed by atoms with van der Waals surface area (Å²) >= 11 is 0. The van der Waals surface area contributed by atoms with Gasteiger partial charge in [0.2, 0.25) is 0 Å². The van der Waals surface area contributed by atoms with Crippen LogP contribution in [0.25, 0.3) is 5.52 Å². The molecule has 0 fully saturated rings. The molecule has 0 saturated carbocycles. The zero-order valence-electron chi connectivity index (χ0n) is 18.7. The highest BCUT2D eigenvalue weighted by molar-refractivity contribution is 6.15. The lowest BCUT2D eigenvalue weighted by Crippen LogP contribution is -2.20. The molecule has 4 rings (SSSR count). The van der Waals surface area contributed by atoms with Gasteiger partial charge in [0, 0.05) is 22.6 Å². The molecule has 2 amide bonds. The minimum atomic E-state index is -4.53. The van der Waals surface area contributed by atoms with E-state index in [4.69, 9.17) is 5.73 Å². The van der Waals surface area contributed by atoms with E-state index in [9.17, 15) is 22.8 Å². The number of urea groups is 1. The fraction of sp³-hybridized carbons (Fsp3) is 0.167. The molecule has 0 atom stereocenters. The highest BCUT2D eigenvalue weighted by Crippen LogP contribution is 2.31. The Morgan fingerprint density at radius 2 is 1.66 bits per heavy atom. The molecule has 0 spiro atoms. The van der Waals surface area contributed by atoms with E-state index in [-0.39, 0.29) is 34.5 Å². The summed E-state index contributed by atoms with van der Waals surface area (Å²) in [5.41, 5.74) is 7.16. The third-order valence-electron chi connectivity index (χ3n) is 5.28. The molecule has 2 aromatic heterocycles. The minimum absolute atomic E-state index is 0.0264. The summed E-state index contributed by atoms with van der Waals surface area (Å²) in [5.74, 6) is -0.131. The molecule has 0 bridgehead atoms. The predicted molar refractivity (Wildman–Crippen MR) is 125 cm³/mol. The Bertz CT molecular complexity index is 1430. The standard InChI is InChI=1S/C24H21F3N6O2/c1-13(2)19-11-18(20-22(28)29-12-30-33(19)20)21(34)14-5-3-7-16(9-14)31-23(35)32-17-8-4-6-15(10-17)24(25,26)27/h3-13H,1-2H3,(H2,28,29,30)(H2,31,32,35). The monoisotopic (exact) mass is 482 g/mol. The summed E-state index contributed by atoms with van der Waals surface area (Å²) in [6.45, 7) is 3.92. The van der Waals surface area contributed by atoms with Gasteiger partial charge in [0.05, 0.1) is 11.1 Å². The van der Waals surface area contributed by atoms with Gasteiger partial charge in [-0.2, -0.15) is 18.3 Å². The van der Waals surface area contributed by atoms with Crippen molar-refractivity contribution in [2.24, 2.45) is 0 Å². The fourth-order valence-corrected chi connectivity index (χ4v) is 3.64. The number of nitrogens with one attached hydrogen (secondary N) is 2. The zero-order valence-corrected chi connectivity index (χ0v) is 18.7. The van der Waals surface area contributed by atoms with Crippen LogP contribution in [0.3, 0.4) is 0 Å². The minimum Gasteiger partial charge on any atom is -0.382 e. The number of fused-ring (bicyclic) bond motifs is 1. The van der Waals surface area contributed by atoms with Crippen LogP contribution in [0.15, 0.2) is 60.9 Å². The van der Waals surface area contributed by atoms with E-state index in [1.54, 1.807) is 28.8 Å². The second kappa shape index (κ2) is 9.09. The molecule has 0 radical (unpaired) electrons. The number of hydrogen-bond acceptors (Lipinski definition) is 5. The van der Waals surface area contributed by atoms with Gasteiger partial charge in [-0.1, -0.05) is 32.0 Å². The van der Waals surface area contributed by atoms with E-state index >= 15 is 0 Å². The Kier molecular flexibility index (Phi) is 6.16. The number of aromatic nitrogens is 3.